The van der Waals surface area contributed by atoms with Crippen molar-refractivity contribution >= 4 is 29.3 Å². The number of nitrogens with zero attached hydrogens (tertiary/aromatic N) is 1. The molecule has 0 unspecified atom stereocenters. The zero-order chi connectivity index (χ0) is 12.6. The van der Waals surface area contributed by atoms with Crippen LogP contribution in [0.15, 0.2) is 18.2 Å². The van der Waals surface area contributed by atoms with E-state index in [1.807, 2.05) is 0 Å². The second-order valence-corrected chi connectivity index (χ2v) is 3.44. The predicted octanol–water partition coefficient (Wildman–Crippen LogP) is -1.59. The third-order valence-corrected chi connectivity index (χ3v) is 2.34. The number of halogens is 3. The van der Waals surface area contributed by atoms with Gasteiger partial charge in [0.25, 0.3) is 0 Å². The molecule has 1 heterocycles. The van der Waals surface area contributed by atoms with Gasteiger partial charge in [0, 0.05) is 5.39 Å². The summed E-state index contributed by atoms with van der Waals surface area (Å²) in [6, 6.07) is 3.08. The van der Waals surface area contributed by atoms with Gasteiger partial charge >= 0.3 is 64.3 Å². The molecule has 1 aromatic heterocycles. The van der Waals surface area contributed by atoms with Crippen molar-refractivity contribution in [3.63, 3.8) is 0 Å². The number of methoxy groups -OCH3 is 1. The number of fused-ring (bicyclic) bond motifs is 1. The van der Waals surface area contributed by atoms with E-state index in [9.17, 15) is 17.7 Å². The summed E-state index contributed by atoms with van der Waals surface area (Å²) in [5.41, 5.74) is -0.567. The summed E-state index contributed by atoms with van der Waals surface area (Å²) in [6.45, 7) is -5.10. The number of ether oxygens (including phenoxy) is 1. The number of aromatic nitrogens is 2. The van der Waals surface area contributed by atoms with Crippen molar-refractivity contribution in [2.75, 3.05) is 7.11 Å². The molecule has 1 aromatic carbocycles. The Balaban J connectivity index is 0.00000162. The third kappa shape index (κ3) is 2.97. The van der Waals surface area contributed by atoms with Crippen LogP contribution in [0, 0.1) is 0 Å². The van der Waals surface area contributed by atoms with E-state index in [-0.39, 0.29) is 62.5 Å². The molecule has 0 atom stereocenters. The van der Waals surface area contributed by atoms with Gasteiger partial charge in [0.1, 0.15) is 0 Å². The summed E-state index contributed by atoms with van der Waals surface area (Å²) in [5, 5.41) is 6.21. The van der Waals surface area contributed by atoms with Gasteiger partial charge in [-0.1, -0.05) is 12.1 Å². The first-order chi connectivity index (χ1) is 7.93. The van der Waals surface area contributed by atoms with Crippen LogP contribution in [0.2, 0.25) is 0 Å². The molecule has 0 aliphatic rings. The van der Waals surface area contributed by atoms with E-state index in [1.165, 1.54) is 6.07 Å². The fraction of sp³-hybridized carbons (Fsp3) is 0.111. The molecule has 2 rings (SSSR count). The number of aromatic amines is 1. The van der Waals surface area contributed by atoms with Crippen LogP contribution in [0.25, 0.3) is 10.9 Å². The number of esters is 1. The molecule has 0 spiro atoms. The van der Waals surface area contributed by atoms with Crippen LogP contribution >= 0.6 is 0 Å². The molecule has 0 bridgehead atoms. The van der Waals surface area contributed by atoms with Crippen LogP contribution in [0.4, 0.5) is 12.9 Å². The first-order valence-electron chi connectivity index (χ1n) is 4.70. The molecule has 2 aromatic rings. The van der Waals surface area contributed by atoms with Crippen molar-refractivity contribution in [3.8, 4) is 0 Å². The number of carbonyl (C=O) groups excluding carboxylic acids is 1. The van der Waals surface area contributed by atoms with E-state index >= 15 is 0 Å². The summed E-state index contributed by atoms with van der Waals surface area (Å²) < 4.78 is 42.1. The number of hydrogen-bond donors (Lipinski definition) is 1. The van der Waals surface area contributed by atoms with Gasteiger partial charge in [0.05, 0.1) is 12.6 Å². The van der Waals surface area contributed by atoms with Crippen molar-refractivity contribution in [2.45, 2.75) is 0 Å². The van der Waals surface area contributed by atoms with Crippen LogP contribution in [0.3, 0.4) is 0 Å². The number of carbonyl (C=O) groups is 1. The average Bonchev–Trinajstić information content (AvgIpc) is 2.69. The molecule has 90 valence electrons. The SMILES string of the molecule is COC(=O)c1n[nH]c2ccc([B-](F)(F)F)cc12.[K+]. The molecule has 0 radical (unpaired) electrons. The molecule has 9 heteroatoms. The van der Waals surface area contributed by atoms with Crippen LogP contribution in [0.1, 0.15) is 10.5 Å². The van der Waals surface area contributed by atoms with E-state index in [4.69, 9.17) is 0 Å². The van der Waals surface area contributed by atoms with Gasteiger partial charge < -0.3 is 17.7 Å². The quantitative estimate of drug-likeness (QED) is 0.533. The zero-order valence-electron chi connectivity index (χ0n) is 9.71. The molecule has 0 saturated carbocycles. The summed E-state index contributed by atoms with van der Waals surface area (Å²) in [7, 11) is 1.14. The topological polar surface area (TPSA) is 55.0 Å². The number of rotatable bonds is 2. The Morgan fingerprint density at radius 1 is 1.39 bits per heavy atom. The van der Waals surface area contributed by atoms with E-state index in [1.54, 1.807) is 0 Å². The average molecular weight is 282 g/mol. The number of nitrogens with one attached hydrogen (secondary N) is 1. The zero-order valence-corrected chi connectivity index (χ0v) is 12.8. The molecule has 0 aliphatic heterocycles. The van der Waals surface area contributed by atoms with Gasteiger partial charge in [-0.15, -0.1) is 5.46 Å². The molecular formula is C9H7BF3KN2O2. The number of H-pyrrole nitrogens is 1. The summed E-state index contributed by atoms with van der Waals surface area (Å²) in [5.74, 6) is -0.775. The molecule has 0 saturated heterocycles. The Bertz CT molecular complexity index is 585. The van der Waals surface area contributed by atoms with E-state index in [2.05, 4.69) is 14.9 Å². The maximum atomic E-state index is 12.6. The second-order valence-electron chi connectivity index (χ2n) is 3.44. The van der Waals surface area contributed by atoms with Crippen LogP contribution < -0.4 is 56.8 Å². The monoisotopic (exact) mass is 282 g/mol. The fourth-order valence-electron chi connectivity index (χ4n) is 1.49. The maximum absolute atomic E-state index is 12.6. The summed E-state index contributed by atoms with van der Waals surface area (Å²) in [6.07, 6.45) is 0. The largest absolute Gasteiger partial charge is 1.00 e. The van der Waals surface area contributed by atoms with Crippen molar-refractivity contribution in [2.24, 2.45) is 0 Å². The Labute approximate surface area is 143 Å². The van der Waals surface area contributed by atoms with Gasteiger partial charge in [-0.3, -0.25) is 5.10 Å². The van der Waals surface area contributed by atoms with Gasteiger partial charge in [0.15, 0.2) is 5.69 Å². The molecule has 4 nitrogen and oxygen atoms in total. The smallest absolute Gasteiger partial charge is 0.464 e. The van der Waals surface area contributed by atoms with Crippen molar-refractivity contribution in [3.05, 3.63) is 23.9 Å². The Kier molecular flexibility index (Phi) is 5.01. The predicted molar refractivity (Wildman–Crippen MR) is 56.1 cm³/mol. The molecule has 18 heavy (non-hydrogen) atoms. The van der Waals surface area contributed by atoms with Crippen LogP contribution in [-0.2, 0) is 4.74 Å². The normalized spacial score (nSPS) is 11.1. The van der Waals surface area contributed by atoms with Gasteiger partial charge in [-0.2, -0.15) is 5.10 Å². The Morgan fingerprint density at radius 2 is 2.06 bits per heavy atom. The molecule has 1 N–H and O–H groups in total. The summed E-state index contributed by atoms with van der Waals surface area (Å²) >= 11 is 0. The Morgan fingerprint density at radius 3 is 2.61 bits per heavy atom. The molecule has 0 fully saturated rings. The van der Waals surface area contributed by atoms with E-state index < -0.39 is 18.4 Å². The summed E-state index contributed by atoms with van der Waals surface area (Å²) in [4.78, 5) is 11.3. The standard InChI is InChI=1S/C9H7BF3N2O2.K/c1-17-9(16)8-6-4-5(10(11,12)13)2-3-7(6)14-15-8;/h2-4H,1H3,(H,14,15);/q-1;+1. The minimum Gasteiger partial charge on any atom is -0.464 e. The van der Waals surface area contributed by atoms with E-state index in [0.717, 1.165) is 19.2 Å². The maximum Gasteiger partial charge on any atom is 1.00 e. The first kappa shape index (κ1) is 15.7. The van der Waals surface area contributed by atoms with Crippen molar-refractivity contribution < 1.29 is 73.9 Å². The number of hydrogen-bond acceptors (Lipinski definition) is 3. The minimum atomic E-state index is -5.10. The molecule has 0 amide bonds. The van der Waals surface area contributed by atoms with Crippen molar-refractivity contribution in [1.29, 1.82) is 0 Å². The second kappa shape index (κ2) is 5.74. The van der Waals surface area contributed by atoms with E-state index in [0.29, 0.717) is 5.52 Å². The minimum absolute atomic E-state index is 0. The first-order valence-corrected chi connectivity index (χ1v) is 4.70. The fourth-order valence-corrected chi connectivity index (χ4v) is 1.49. The molecular weight excluding hydrogens is 275 g/mol. The third-order valence-electron chi connectivity index (χ3n) is 2.34. The Hall–Kier alpha value is -0.349. The van der Waals surface area contributed by atoms with Crippen molar-refractivity contribution in [1.82, 2.24) is 10.2 Å². The van der Waals surface area contributed by atoms with Gasteiger partial charge in [-0.25, -0.2) is 4.79 Å². The van der Waals surface area contributed by atoms with Gasteiger partial charge in [0.2, 0.25) is 0 Å². The van der Waals surface area contributed by atoms with Gasteiger partial charge in [-0.05, 0) is 6.07 Å². The van der Waals surface area contributed by atoms with Crippen LogP contribution in [-0.4, -0.2) is 30.3 Å². The number of benzene rings is 1. The molecule has 0 aliphatic carbocycles. The van der Waals surface area contributed by atoms with Crippen LogP contribution in [0.5, 0.6) is 0 Å².